The van der Waals surface area contributed by atoms with Gasteiger partial charge in [0, 0.05) is 22.1 Å². The zero-order chi connectivity index (χ0) is 15.5. The van der Waals surface area contributed by atoms with Crippen molar-refractivity contribution in [3.63, 3.8) is 0 Å². The van der Waals surface area contributed by atoms with E-state index in [2.05, 4.69) is 21.2 Å². The fourth-order valence-electron chi connectivity index (χ4n) is 2.22. The van der Waals surface area contributed by atoms with Crippen molar-refractivity contribution < 1.29 is 4.79 Å². The van der Waals surface area contributed by atoms with Crippen molar-refractivity contribution in [3.8, 4) is 0 Å². The van der Waals surface area contributed by atoms with Crippen molar-refractivity contribution in [1.29, 1.82) is 0 Å². The van der Waals surface area contributed by atoms with Crippen LogP contribution >= 0.6 is 15.9 Å². The molecule has 2 rings (SSSR count). The minimum absolute atomic E-state index is 0.0726. The van der Waals surface area contributed by atoms with Gasteiger partial charge in [0.1, 0.15) is 0 Å². The third kappa shape index (κ3) is 3.83. The molecule has 0 saturated heterocycles. The monoisotopic (exact) mass is 348 g/mol. The van der Waals surface area contributed by atoms with Gasteiger partial charge in [-0.15, -0.1) is 0 Å². The van der Waals surface area contributed by atoms with Gasteiger partial charge in [-0.25, -0.2) is 0 Å². The number of rotatable bonds is 5. The standard InChI is InChI=1S/C17H21BrN2O/c1-3-17(19,4-2)11-20-16(21)14-6-5-13-10-15(18)8-7-12(13)9-14/h5-10H,3-4,11,19H2,1-2H3,(H,20,21). The van der Waals surface area contributed by atoms with E-state index in [4.69, 9.17) is 5.73 Å². The molecule has 2 aromatic carbocycles. The Morgan fingerprint density at radius 3 is 2.43 bits per heavy atom. The minimum atomic E-state index is -0.322. The molecule has 4 heteroatoms. The van der Waals surface area contributed by atoms with Gasteiger partial charge in [-0.05, 0) is 47.9 Å². The maximum atomic E-state index is 12.3. The van der Waals surface area contributed by atoms with Gasteiger partial charge >= 0.3 is 0 Å². The van der Waals surface area contributed by atoms with Crippen molar-refractivity contribution in [2.45, 2.75) is 32.2 Å². The topological polar surface area (TPSA) is 55.1 Å². The van der Waals surface area contributed by atoms with Crippen molar-refractivity contribution >= 4 is 32.6 Å². The highest BCUT2D eigenvalue weighted by Crippen LogP contribution is 2.21. The van der Waals surface area contributed by atoms with Gasteiger partial charge in [-0.1, -0.05) is 41.9 Å². The number of hydrogen-bond donors (Lipinski definition) is 2. The van der Waals surface area contributed by atoms with Crippen LogP contribution in [0.1, 0.15) is 37.0 Å². The molecule has 0 aliphatic rings. The number of nitrogens with two attached hydrogens (primary N) is 1. The van der Waals surface area contributed by atoms with E-state index in [1.807, 2.05) is 50.2 Å². The van der Waals surface area contributed by atoms with Gasteiger partial charge in [0.05, 0.1) is 0 Å². The van der Waals surface area contributed by atoms with E-state index in [1.54, 1.807) is 0 Å². The van der Waals surface area contributed by atoms with Gasteiger partial charge in [0.15, 0.2) is 0 Å². The molecule has 0 aliphatic heterocycles. The Morgan fingerprint density at radius 1 is 1.14 bits per heavy atom. The van der Waals surface area contributed by atoms with Gasteiger partial charge in [0.2, 0.25) is 0 Å². The second kappa shape index (κ2) is 6.58. The van der Waals surface area contributed by atoms with Crippen molar-refractivity contribution in [3.05, 3.63) is 46.4 Å². The molecule has 0 heterocycles. The van der Waals surface area contributed by atoms with Gasteiger partial charge in [0.25, 0.3) is 5.91 Å². The summed E-state index contributed by atoms with van der Waals surface area (Å²) in [6.07, 6.45) is 1.69. The Hall–Kier alpha value is -1.39. The van der Waals surface area contributed by atoms with Crippen LogP contribution in [0.4, 0.5) is 0 Å². The van der Waals surface area contributed by atoms with E-state index < -0.39 is 0 Å². The van der Waals surface area contributed by atoms with E-state index in [-0.39, 0.29) is 11.4 Å². The van der Waals surface area contributed by atoms with Gasteiger partial charge in [-0.3, -0.25) is 4.79 Å². The highest BCUT2D eigenvalue weighted by atomic mass is 79.9. The summed E-state index contributed by atoms with van der Waals surface area (Å²) in [5.74, 6) is -0.0726. The molecule has 112 valence electrons. The highest BCUT2D eigenvalue weighted by Gasteiger charge is 2.21. The molecule has 2 aromatic rings. The summed E-state index contributed by atoms with van der Waals surface area (Å²) in [4.78, 5) is 12.3. The molecule has 0 spiro atoms. The average Bonchev–Trinajstić information content (AvgIpc) is 2.51. The Labute approximate surface area is 134 Å². The Bertz CT molecular complexity index is 650. The average molecular weight is 349 g/mol. The van der Waals surface area contributed by atoms with E-state index in [0.717, 1.165) is 28.1 Å². The third-order valence-electron chi connectivity index (χ3n) is 4.07. The third-order valence-corrected chi connectivity index (χ3v) is 4.57. The summed E-state index contributed by atoms with van der Waals surface area (Å²) in [7, 11) is 0. The first kappa shape index (κ1) is 16.0. The van der Waals surface area contributed by atoms with Crippen LogP contribution in [0, 0.1) is 0 Å². The van der Waals surface area contributed by atoms with Crippen molar-refractivity contribution in [2.75, 3.05) is 6.54 Å². The Balaban J connectivity index is 2.14. The van der Waals surface area contributed by atoms with Crippen LogP contribution in [0.2, 0.25) is 0 Å². The summed E-state index contributed by atoms with van der Waals surface area (Å²) in [6, 6.07) is 11.7. The normalized spacial score (nSPS) is 11.6. The number of hydrogen-bond acceptors (Lipinski definition) is 2. The predicted octanol–water partition coefficient (Wildman–Crippen LogP) is 3.85. The molecule has 0 saturated carbocycles. The minimum Gasteiger partial charge on any atom is -0.350 e. The summed E-state index contributed by atoms with van der Waals surface area (Å²) in [5, 5.41) is 5.10. The smallest absolute Gasteiger partial charge is 0.251 e. The fourth-order valence-corrected chi connectivity index (χ4v) is 2.59. The predicted molar refractivity (Wildman–Crippen MR) is 91.5 cm³/mol. The maximum Gasteiger partial charge on any atom is 0.251 e. The van der Waals surface area contributed by atoms with Crippen LogP contribution in [0.5, 0.6) is 0 Å². The van der Waals surface area contributed by atoms with E-state index in [0.29, 0.717) is 12.1 Å². The molecule has 0 unspecified atom stereocenters. The molecule has 0 aliphatic carbocycles. The molecule has 0 atom stereocenters. The summed E-state index contributed by atoms with van der Waals surface area (Å²) in [5.41, 5.74) is 6.55. The second-order valence-corrected chi connectivity index (χ2v) is 6.37. The lowest BCUT2D eigenvalue weighted by atomic mass is 9.94. The largest absolute Gasteiger partial charge is 0.350 e. The lowest BCUT2D eigenvalue weighted by molar-refractivity contribution is 0.0942. The lowest BCUT2D eigenvalue weighted by Crippen LogP contribution is -2.49. The van der Waals surface area contributed by atoms with Crippen LogP contribution in [0.3, 0.4) is 0 Å². The second-order valence-electron chi connectivity index (χ2n) is 5.46. The number of nitrogens with one attached hydrogen (secondary N) is 1. The number of carbonyl (C=O) groups excluding carboxylic acids is 1. The van der Waals surface area contributed by atoms with Crippen LogP contribution < -0.4 is 11.1 Å². The van der Waals surface area contributed by atoms with Gasteiger partial charge in [-0.2, -0.15) is 0 Å². The number of halogens is 1. The number of fused-ring (bicyclic) bond motifs is 1. The molecule has 1 amide bonds. The van der Waals surface area contributed by atoms with Crippen molar-refractivity contribution in [2.24, 2.45) is 5.73 Å². The molecular weight excluding hydrogens is 328 g/mol. The number of amides is 1. The molecule has 0 radical (unpaired) electrons. The van der Waals surface area contributed by atoms with Crippen molar-refractivity contribution in [1.82, 2.24) is 5.32 Å². The Morgan fingerprint density at radius 2 is 1.76 bits per heavy atom. The van der Waals surface area contributed by atoms with Crippen LogP contribution in [-0.2, 0) is 0 Å². The van der Waals surface area contributed by atoms with Crippen LogP contribution in [0.15, 0.2) is 40.9 Å². The maximum absolute atomic E-state index is 12.3. The molecule has 0 fully saturated rings. The number of benzene rings is 2. The molecular formula is C17H21BrN2O. The zero-order valence-electron chi connectivity index (χ0n) is 12.4. The fraction of sp³-hybridized carbons (Fsp3) is 0.353. The summed E-state index contributed by atoms with van der Waals surface area (Å²) < 4.78 is 1.03. The summed E-state index contributed by atoms with van der Waals surface area (Å²) >= 11 is 3.45. The van der Waals surface area contributed by atoms with Crippen LogP contribution in [0.25, 0.3) is 10.8 Å². The molecule has 3 nitrogen and oxygen atoms in total. The van der Waals surface area contributed by atoms with Crippen LogP contribution in [-0.4, -0.2) is 18.0 Å². The quantitative estimate of drug-likeness (QED) is 0.862. The van der Waals surface area contributed by atoms with E-state index in [9.17, 15) is 4.79 Å². The SMILES string of the molecule is CCC(N)(CC)CNC(=O)c1ccc2cc(Br)ccc2c1. The van der Waals surface area contributed by atoms with Gasteiger partial charge < -0.3 is 11.1 Å². The molecule has 21 heavy (non-hydrogen) atoms. The molecule has 0 bridgehead atoms. The number of carbonyl (C=O) groups is 1. The Kier molecular flexibility index (Phi) is 5.01. The highest BCUT2D eigenvalue weighted by molar-refractivity contribution is 9.10. The first-order valence-electron chi connectivity index (χ1n) is 7.24. The first-order chi connectivity index (χ1) is 9.97. The summed E-state index contributed by atoms with van der Waals surface area (Å²) in [6.45, 7) is 4.59. The lowest BCUT2D eigenvalue weighted by Gasteiger charge is -2.26. The zero-order valence-corrected chi connectivity index (χ0v) is 14.0. The van der Waals surface area contributed by atoms with E-state index >= 15 is 0 Å². The first-order valence-corrected chi connectivity index (χ1v) is 8.03. The van der Waals surface area contributed by atoms with E-state index in [1.165, 1.54) is 0 Å². The molecule has 0 aromatic heterocycles. The molecule has 3 N–H and O–H groups in total.